The van der Waals surface area contributed by atoms with Gasteiger partial charge in [0.25, 0.3) is 0 Å². The number of hydrogen-bond acceptors (Lipinski definition) is 1. The van der Waals surface area contributed by atoms with Crippen molar-refractivity contribution in [3.8, 4) is 0 Å². The molecular weight excluding hydrogens is 136 g/mol. The molecule has 0 saturated carbocycles. The Bertz CT molecular complexity index is 189. The molecule has 0 spiro atoms. The summed E-state index contributed by atoms with van der Waals surface area (Å²) in [6.07, 6.45) is 2.00. The van der Waals surface area contributed by atoms with Crippen molar-refractivity contribution in [1.82, 2.24) is 9.78 Å². The molecule has 0 fully saturated rings. The van der Waals surface area contributed by atoms with Crippen LogP contribution >= 0.6 is 0 Å². The van der Waals surface area contributed by atoms with E-state index >= 15 is 0 Å². The van der Waals surface area contributed by atoms with E-state index in [0.717, 1.165) is 5.69 Å². The molecule has 0 aliphatic carbocycles. The minimum absolute atomic E-state index is 0.485. The number of rotatable bonds is 1. The zero-order chi connectivity index (χ0) is 8.85. The van der Waals surface area contributed by atoms with Gasteiger partial charge in [0.2, 0.25) is 0 Å². The minimum atomic E-state index is 0.485. The molecule has 0 aliphatic heterocycles. The van der Waals surface area contributed by atoms with E-state index in [4.69, 9.17) is 0 Å². The van der Waals surface area contributed by atoms with Crippen LogP contribution in [0.15, 0.2) is 12.3 Å². The summed E-state index contributed by atoms with van der Waals surface area (Å²) in [5.41, 5.74) is 1.09. The number of aromatic nitrogens is 2. The van der Waals surface area contributed by atoms with E-state index in [1.54, 1.807) is 0 Å². The van der Waals surface area contributed by atoms with E-state index in [-0.39, 0.29) is 0 Å². The first kappa shape index (κ1) is 10.2. The lowest BCUT2D eigenvalue weighted by Gasteiger charge is -2.02. The lowest BCUT2D eigenvalue weighted by atomic mass is 10.4. The van der Waals surface area contributed by atoms with Gasteiger partial charge >= 0.3 is 0 Å². The van der Waals surface area contributed by atoms with E-state index in [9.17, 15) is 0 Å². The van der Waals surface area contributed by atoms with E-state index in [1.165, 1.54) is 0 Å². The van der Waals surface area contributed by atoms with Crippen LogP contribution in [0.5, 0.6) is 0 Å². The molecule has 0 amide bonds. The zero-order valence-electron chi connectivity index (χ0n) is 8.13. The van der Waals surface area contributed by atoms with Gasteiger partial charge in [0.1, 0.15) is 0 Å². The summed E-state index contributed by atoms with van der Waals surface area (Å²) in [7, 11) is 0. The lowest BCUT2D eigenvalue weighted by molar-refractivity contribution is 0.529. The summed E-state index contributed by atoms with van der Waals surface area (Å²) in [6.45, 7) is 10.2. The fourth-order valence-corrected chi connectivity index (χ4v) is 0.721. The highest BCUT2D eigenvalue weighted by Gasteiger charge is 1.95. The van der Waals surface area contributed by atoms with Gasteiger partial charge in [-0.05, 0) is 26.8 Å². The van der Waals surface area contributed by atoms with Crippen LogP contribution < -0.4 is 0 Å². The van der Waals surface area contributed by atoms with Crippen molar-refractivity contribution in [2.45, 2.75) is 40.7 Å². The van der Waals surface area contributed by atoms with E-state index in [2.05, 4.69) is 18.9 Å². The predicted octanol–water partition coefficient (Wildman–Crippen LogP) is 2.80. The molecule has 1 aromatic rings. The van der Waals surface area contributed by atoms with Crippen LogP contribution in [-0.4, -0.2) is 9.78 Å². The first-order chi connectivity index (χ1) is 5.20. The van der Waals surface area contributed by atoms with Gasteiger partial charge in [0.05, 0.1) is 5.69 Å². The Morgan fingerprint density at radius 1 is 1.36 bits per heavy atom. The van der Waals surface area contributed by atoms with Gasteiger partial charge in [-0.2, -0.15) is 5.10 Å². The third-order valence-corrected chi connectivity index (χ3v) is 1.27. The van der Waals surface area contributed by atoms with Gasteiger partial charge in [-0.25, -0.2) is 0 Å². The van der Waals surface area contributed by atoms with Crippen molar-refractivity contribution in [2.24, 2.45) is 0 Å². The normalized spacial score (nSPS) is 9.27. The van der Waals surface area contributed by atoms with Crippen molar-refractivity contribution >= 4 is 0 Å². The molecule has 0 aliphatic rings. The van der Waals surface area contributed by atoms with Gasteiger partial charge < -0.3 is 0 Å². The molecule has 2 heteroatoms. The van der Waals surface area contributed by atoms with Crippen LogP contribution in [0.3, 0.4) is 0 Å². The first-order valence-electron chi connectivity index (χ1n) is 4.22. The highest BCUT2D eigenvalue weighted by atomic mass is 15.3. The quantitative estimate of drug-likeness (QED) is 0.608. The molecule has 11 heavy (non-hydrogen) atoms. The Morgan fingerprint density at radius 2 is 1.91 bits per heavy atom. The predicted molar refractivity (Wildman–Crippen MR) is 48.7 cm³/mol. The summed E-state index contributed by atoms with van der Waals surface area (Å²) >= 11 is 0. The number of hydrogen-bond donors (Lipinski definition) is 0. The summed E-state index contributed by atoms with van der Waals surface area (Å²) in [4.78, 5) is 0. The van der Waals surface area contributed by atoms with Gasteiger partial charge in [0, 0.05) is 12.2 Å². The molecule has 1 aromatic heterocycles. The Labute approximate surface area is 69.2 Å². The standard InChI is InChI=1S/C7H12N2.C2H6/c1-6(2)9-5-4-7(3)8-9;1-2/h4-6H,1-3H3;1-2H3. The molecule has 0 bridgehead atoms. The van der Waals surface area contributed by atoms with Crippen molar-refractivity contribution in [3.63, 3.8) is 0 Å². The Kier molecular flexibility index (Phi) is 4.59. The maximum absolute atomic E-state index is 4.23. The van der Waals surface area contributed by atoms with E-state index in [1.807, 2.05) is 37.7 Å². The van der Waals surface area contributed by atoms with Crippen molar-refractivity contribution in [2.75, 3.05) is 0 Å². The Hall–Kier alpha value is -0.790. The molecule has 64 valence electrons. The van der Waals surface area contributed by atoms with Crippen LogP contribution in [0.25, 0.3) is 0 Å². The molecular formula is C9H18N2. The van der Waals surface area contributed by atoms with Crippen molar-refractivity contribution < 1.29 is 0 Å². The monoisotopic (exact) mass is 154 g/mol. The Balaban J connectivity index is 0.000000461. The van der Waals surface area contributed by atoms with Gasteiger partial charge in [-0.3, -0.25) is 4.68 Å². The second-order valence-corrected chi connectivity index (χ2v) is 2.53. The highest BCUT2D eigenvalue weighted by molar-refractivity contribution is 4.95. The topological polar surface area (TPSA) is 17.8 Å². The molecule has 0 radical (unpaired) electrons. The lowest BCUT2D eigenvalue weighted by Crippen LogP contribution is -2.00. The van der Waals surface area contributed by atoms with Gasteiger partial charge in [-0.15, -0.1) is 0 Å². The fraction of sp³-hybridized carbons (Fsp3) is 0.667. The van der Waals surface area contributed by atoms with Crippen LogP contribution in [0.2, 0.25) is 0 Å². The third-order valence-electron chi connectivity index (χ3n) is 1.27. The molecule has 0 unspecified atom stereocenters. The summed E-state index contributed by atoms with van der Waals surface area (Å²) in [5, 5.41) is 4.23. The molecule has 0 N–H and O–H groups in total. The maximum atomic E-state index is 4.23. The van der Waals surface area contributed by atoms with E-state index in [0.29, 0.717) is 6.04 Å². The van der Waals surface area contributed by atoms with Gasteiger partial charge in [-0.1, -0.05) is 13.8 Å². The first-order valence-corrected chi connectivity index (χ1v) is 4.22. The van der Waals surface area contributed by atoms with Crippen molar-refractivity contribution in [1.29, 1.82) is 0 Å². The third kappa shape index (κ3) is 3.21. The fourth-order valence-electron chi connectivity index (χ4n) is 0.721. The zero-order valence-corrected chi connectivity index (χ0v) is 8.13. The molecule has 2 nitrogen and oxygen atoms in total. The summed E-state index contributed by atoms with van der Waals surface area (Å²) < 4.78 is 1.95. The second kappa shape index (κ2) is 4.94. The van der Waals surface area contributed by atoms with Crippen LogP contribution in [-0.2, 0) is 0 Å². The van der Waals surface area contributed by atoms with Crippen molar-refractivity contribution in [3.05, 3.63) is 18.0 Å². The summed E-state index contributed by atoms with van der Waals surface area (Å²) in [5.74, 6) is 0. The highest BCUT2D eigenvalue weighted by Crippen LogP contribution is 2.01. The average Bonchev–Trinajstić information content (AvgIpc) is 2.40. The van der Waals surface area contributed by atoms with Gasteiger partial charge in [0.15, 0.2) is 0 Å². The molecule has 0 atom stereocenters. The molecule has 0 saturated heterocycles. The Morgan fingerprint density at radius 3 is 2.09 bits per heavy atom. The van der Waals surface area contributed by atoms with Crippen LogP contribution in [0, 0.1) is 6.92 Å². The summed E-state index contributed by atoms with van der Waals surface area (Å²) in [6, 6.07) is 2.50. The maximum Gasteiger partial charge on any atom is 0.0593 e. The van der Waals surface area contributed by atoms with Crippen LogP contribution in [0.1, 0.15) is 39.4 Å². The smallest absolute Gasteiger partial charge is 0.0593 e. The SMILES string of the molecule is CC.Cc1ccn(C(C)C)n1. The number of nitrogens with zero attached hydrogens (tertiary/aromatic N) is 2. The minimum Gasteiger partial charge on any atom is -0.270 e. The second-order valence-electron chi connectivity index (χ2n) is 2.53. The van der Waals surface area contributed by atoms with E-state index < -0.39 is 0 Å². The largest absolute Gasteiger partial charge is 0.270 e. The molecule has 0 aromatic carbocycles. The number of aryl methyl sites for hydroxylation is 1. The molecule has 1 rings (SSSR count). The molecule has 1 heterocycles. The van der Waals surface area contributed by atoms with Crippen LogP contribution in [0.4, 0.5) is 0 Å². The average molecular weight is 154 g/mol.